The second-order valence-electron chi connectivity index (χ2n) is 8.16. The summed E-state index contributed by atoms with van der Waals surface area (Å²) in [5.74, 6) is -1.22. The molecule has 32 heavy (non-hydrogen) atoms. The number of alkyl halides is 3. The van der Waals surface area contributed by atoms with Crippen molar-refractivity contribution in [1.82, 2.24) is 4.90 Å². The van der Waals surface area contributed by atoms with Gasteiger partial charge in [-0.15, -0.1) is 0 Å². The van der Waals surface area contributed by atoms with Gasteiger partial charge < -0.3 is 5.11 Å². The zero-order chi connectivity index (χ0) is 22.7. The van der Waals surface area contributed by atoms with Crippen molar-refractivity contribution in [3.8, 4) is 11.1 Å². The van der Waals surface area contributed by atoms with Crippen molar-refractivity contribution in [2.45, 2.75) is 25.1 Å². The van der Waals surface area contributed by atoms with Crippen LogP contribution in [0.5, 0.6) is 0 Å². The first-order chi connectivity index (χ1) is 15.3. The summed E-state index contributed by atoms with van der Waals surface area (Å²) in [6, 6.07) is 22.8. The molecular formula is C26H24F3NO2. The highest BCUT2D eigenvalue weighted by atomic mass is 19.4. The summed E-state index contributed by atoms with van der Waals surface area (Å²) in [5.41, 5.74) is 2.86. The number of benzene rings is 3. The van der Waals surface area contributed by atoms with E-state index in [9.17, 15) is 23.1 Å². The third-order valence-electron chi connectivity index (χ3n) is 6.11. The number of piperidine rings is 1. The van der Waals surface area contributed by atoms with E-state index in [0.717, 1.165) is 22.8 Å². The topological polar surface area (TPSA) is 40.5 Å². The van der Waals surface area contributed by atoms with Gasteiger partial charge in [-0.3, -0.25) is 9.69 Å². The van der Waals surface area contributed by atoms with Gasteiger partial charge in [0.2, 0.25) is 0 Å². The van der Waals surface area contributed by atoms with E-state index in [-0.39, 0.29) is 6.04 Å². The van der Waals surface area contributed by atoms with Gasteiger partial charge in [0.15, 0.2) is 0 Å². The van der Waals surface area contributed by atoms with Gasteiger partial charge in [-0.1, -0.05) is 66.7 Å². The summed E-state index contributed by atoms with van der Waals surface area (Å²) in [6.07, 6.45) is -3.46. The minimum absolute atomic E-state index is 0.378. The Labute approximate surface area is 185 Å². The highest BCUT2D eigenvalue weighted by Gasteiger charge is 2.33. The fraction of sp³-hybridized carbons (Fsp3) is 0.269. The molecule has 0 radical (unpaired) electrons. The Morgan fingerprint density at radius 1 is 0.844 bits per heavy atom. The van der Waals surface area contributed by atoms with Gasteiger partial charge >= 0.3 is 12.1 Å². The minimum Gasteiger partial charge on any atom is -0.481 e. The highest BCUT2D eigenvalue weighted by Crippen LogP contribution is 2.37. The smallest absolute Gasteiger partial charge is 0.416 e. The van der Waals surface area contributed by atoms with Crippen molar-refractivity contribution in [2.24, 2.45) is 5.92 Å². The number of aliphatic carboxylic acids is 1. The monoisotopic (exact) mass is 439 g/mol. The van der Waals surface area contributed by atoms with E-state index in [1.54, 1.807) is 6.07 Å². The number of nitrogens with zero attached hydrogens (tertiary/aromatic N) is 1. The molecule has 1 atom stereocenters. The number of carbonyl (C=O) groups is 1. The van der Waals surface area contributed by atoms with E-state index < -0.39 is 23.6 Å². The van der Waals surface area contributed by atoms with Crippen LogP contribution in [0.15, 0.2) is 78.9 Å². The van der Waals surface area contributed by atoms with Gasteiger partial charge in [-0.05, 0) is 60.3 Å². The van der Waals surface area contributed by atoms with Crippen LogP contribution in [-0.4, -0.2) is 29.1 Å². The Morgan fingerprint density at radius 2 is 1.47 bits per heavy atom. The molecule has 0 bridgehead atoms. The second kappa shape index (κ2) is 9.17. The number of carboxylic acids is 1. The molecule has 4 rings (SSSR count). The maximum Gasteiger partial charge on any atom is 0.416 e. The summed E-state index contributed by atoms with van der Waals surface area (Å²) in [4.78, 5) is 13.4. The Kier molecular flexibility index (Phi) is 6.33. The SMILES string of the molecule is O=C(O)C1CCN(C(c2ccc(-c3ccccc3)cc2)c2cccc(C(F)(F)F)c2)CC1. The van der Waals surface area contributed by atoms with Gasteiger partial charge in [0, 0.05) is 0 Å². The maximum atomic E-state index is 13.4. The zero-order valence-corrected chi connectivity index (χ0v) is 17.4. The van der Waals surface area contributed by atoms with Crippen LogP contribution in [0.2, 0.25) is 0 Å². The molecule has 3 aromatic carbocycles. The van der Waals surface area contributed by atoms with Crippen molar-refractivity contribution in [1.29, 1.82) is 0 Å². The van der Waals surface area contributed by atoms with Gasteiger partial charge in [-0.25, -0.2) is 0 Å². The summed E-state index contributed by atoms with van der Waals surface area (Å²) in [5, 5.41) is 9.32. The zero-order valence-electron chi connectivity index (χ0n) is 17.4. The molecule has 0 aromatic heterocycles. The van der Waals surface area contributed by atoms with Crippen molar-refractivity contribution in [3.05, 3.63) is 95.6 Å². The molecule has 1 saturated heterocycles. The molecule has 1 N–H and O–H groups in total. The number of hydrogen-bond donors (Lipinski definition) is 1. The molecule has 1 unspecified atom stereocenters. The molecule has 0 amide bonds. The lowest BCUT2D eigenvalue weighted by atomic mass is 9.90. The van der Waals surface area contributed by atoms with Crippen LogP contribution in [0.3, 0.4) is 0 Å². The first kappa shape index (κ1) is 22.1. The van der Waals surface area contributed by atoms with E-state index in [4.69, 9.17) is 0 Å². The third kappa shape index (κ3) is 4.86. The van der Waals surface area contributed by atoms with Crippen LogP contribution < -0.4 is 0 Å². The summed E-state index contributed by atoms with van der Waals surface area (Å²) >= 11 is 0. The van der Waals surface area contributed by atoms with Crippen molar-refractivity contribution >= 4 is 5.97 Å². The fourth-order valence-electron chi connectivity index (χ4n) is 4.39. The lowest BCUT2D eigenvalue weighted by molar-refractivity contribution is -0.143. The van der Waals surface area contributed by atoms with Gasteiger partial charge in [0.25, 0.3) is 0 Å². The molecule has 0 aliphatic carbocycles. The first-order valence-corrected chi connectivity index (χ1v) is 10.6. The summed E-state index contributed by atoms with van der Waals surface area (Å²) in [6.45, 7) is 1.02. The molecule has 1 aliphatic rings. The van der Waals surface area contributed by atoms with Crippen LogP contribution >= 0.6 is 0 Å². The van der Waals surface area contributed by atoms with Gasteiger partial charge in [0.1, 0.15) is 0 Å². The summed E-state index contributed by atoms with van der Waals surface area (Å²) < 4.78 is 40.1. The average Bonchev–Trinajstić information content (AvgIpc) is 2.80. The first-order valence-electron chi connectivity index (χ1n) is 10.6. The highest BCUT2D eigenvalue weighted by molar-refractivity contribution is 5.70. The molecule has 1 heterocycles. The molecule has 0 saturated carbocycles. The molecule has 6 heteroatoms. The predicted octanol–water partition coefficient (Wildman–Crippen LogP) is 6.26. The van der Waals surface area contributed by atoms with E-state index in [1.807, 2.05) is 54.6 Å². The van der Waals surface area contributed by atoms with Crippen molar-refractivity contribution in [3.63, 3.8) is 0 Å². The quantitative estimate of drug-likeness (QED) is 0.510. The van der Waals surface area contributed by atoms with Crippen LogP contribution in [0.25, 0.3) is 11.1 Å². The Hall–Kier alpha value is -3.12. The van der Waals surface area contributed by atoms with E-state index >= 15 is 0 Å². The van der Waals surface area contributed by atoms with Crippen molar-refractivity contribution < 1.29 is 23.1 Å². The second-order valence-corrected chi connectivity index (χ2v) is 8.16. The average molecular weight is 439 g/mol. The number of carboxylic acid groups (broad SMARTS) is 1. The van der Waals surface area contributed by atoms with E-state index in [0.29, 0.717) is 31.5 Å². The molecule has 0 spiro atoms. The van der Waals surface area contributed by atoms with Crippen LogP contribution in [0.4, 0.5) is 13.2 Å². The molecule has 1 fully saturated rings. The summed E-state index contributed by atoms with van der Waals surface area (Å²) in [7, 11) is 0. The van der Waals surface area contributed by atoms with Crippen molar-refractivity contribution in [2.75, 3.05) is 13.1 Å². The molecule has 3 nitrogen and oxygen atoms in total. The Morgan fingerprint density at radius 3 is 2.06 bits per heavy atom. The normalized spacial score (nSPS) is 16.6. The largest absolute Gasteiger partial charge is 0.481 e. The van der Waals surface area contributed by atoms with Crippen LogP contribution in [-0.2, 0) is 11.0 Å². The number of rotatable bonds is 5. The fourth-order valence-corrected chi connectivity index (χ4v) is 4.39. The minimum atomic E-state index is -4.42. The maximum absolute atomic E-state index is 13.4. The predicted molar refractivity (Wildman–Crippen MR) is 117 cm³/mol. The third-order valence-corrected chi connectivity index (χ3v) is 6.11. The Balaban J connectivity index is 1.69. The lowest BCUT2D eigenvalue weighted by Gasteiger charge is -2.37. The van der Waals surface area contributed by atoms with E-state index in [1.165, 1.54) is 12.1 Å². The van der Waals surface area contributed by atoms with E-state index in [2.05, 4.69) is 4.90 Å². The van der Waals surface area contributed by atoms with Gasteiger partial charge in [-0.2, -0.15) is 13.2 Å². The lowest BCUT2D eigenvalue weighted by Crippen LogP contribution is -2.39. The molecule has 3 aromatic rings. The molecular weight excluding hydrogens is 415 g/mol. The van der Waals surface area contributed by atoms with Crippen LogP contribution in [0.1, 0.15) is 35.6 Å². The number of likely N-dealkylation sites (tertiary alicyclic amines) is 1. The van der Waals surface area contributed by atoms with Crippen LogP contribution in [0, 0.1) is 5.92 Å². The number of halogens is 3. The molecule has 1 aliphatic heterocycles. The van der Waals surface area contributed by atoms with Gasteiger partial charge in [0.05, 0.1) is 17.5 Å². The number of hydrogen-bond acceptors (Lipinski definition) is 2. The Bertz CT molecular complexity index is 1060. The standard InChI is InChI=1S/C26H24F3NO2/c27-26(28,29)23-8-4-7-22(17-23)24(30-15-13-21(14-16-30)25(31)32)20-11-9-19(10-12-20)18-5-2-1-3-6-18/h1-12,17,21,24H,13-16H2,(H,31,32). The molecule has 166 valence electrons.